The minimum atomic E-state index is 0.818. The average Bonchev–Trinajstić information content (AvgIpc) is 3.19. The van der Waals surface area contributed by atoms with Crippen LogP contribution in [0.15, 0.2) is 53.4 Å². The monoisotopic (exact) mass is 293 g/mol. The fourth-order valence-corrected chi connectivity index (χ4v) is 2.55. The number of aryl methyl sites for hydroxylation is 1. The van der Waals surface area contributed by atoms with Gasteiger partial charge in [-0.05, 0) is 30.7 Å². The molecule has 0 amide bonds. The summed E-state index contributed by atoms with van der Waals surface area (Å²) >= 11 is 0. The van der Waals surface area contributed by atoms with Gasteiger partial charge in [0.05, 0.1) is 11.6 Å². The lowest BCUT2D eigenvalue weighted by Gasteiger charge is -2.05. The summed E-state index contributed by atoms with van der Waals surface area (Å²) in [6, 6.07) is 9.70. The maximum atomic E-state index is 5.37. The highest BCUT2D eigenvalue weighted by Crippen LogP contribution is 2.21. The van der Waals surface area contributed by atoms with Crippen LogP contribution in [0.1, 0.15) is 12.2 Å². The van der Waals surface area contributed by atoms with Crippen LogP contribution in [0.2, 0.25) is 0 Å². The standard InChI is InChI=1S/C16H15N5O/c1-2-10-21-14(4-1)19-20-15(21)5-3-8-17-16-12-7-11-22-13(12)6-9-18-16/h1-2,4,6-7,9-11H,3,5,8H2,(H,17,18). The number of hydrogen-bond acceptors (Lipinski definition) is 5. The lowest BCUT2D eigenvalue weighted by atomic mass is 10.2. The molecule has 4 heterocycles. The summed E-state index contributed by atoms with van der Waals surface area (Å²) in [6.45, 7) is 0.818. The molecule has 0 saturated heterocycles. The average molecular weight is 293 g/mol. The van der Waals surface area contributed by atoms with Crippen molar-refractivity contribution in [2.24, 2.45) is 0 Å². The van der Waals surface area contributed by atoms with E-state index in [4.69, 9.17) is 4.42 Å². The molecule has 4 rings (SSSR count). The second-order valence-corrected chi connectivity index (χ2v) is 5.07. The van der Waals surface area contributed by atoms with Crippen molar-refractivity contribution in [2.45, 2.75) is 12.8 Å². The molecule has 0 bridgehead atoms. The lowest BCUT2D eigenvalue weighted by Crippen LogP contribution is -2.06. The third kappa shape index (κ3) is 2.28. The minimum absolute atomic E-state index is 0.818. The Morgan fingerprint density at radius 1 is 1.14 bits per heavy atom. The number of pyridine rings is 2. The molecule has 0 spiro atoms. The molecule has 22 heavy (non-hydrogen) atoms. The van der Waals surface area contributed by atoms with Crippen molar-refractivity contribution in [3.8, 4) is 0 Å². The van der Waals surface area contributed by atoms with Crippen LogP contribution in [0.25, 0.3) is 16.6 Å². The molecule has 0 saturated carbocycles. The maximum absolute atomic E-state index is 5.37. The summed E-state index contributed by atoms with van der Waals surface area (Å²) < 4.78 is 7.39. The first-order chi connectivity index (χ1) is 10.9. The van der Waals surface area contributed by atoms with Crippen LogP contribution in [0.4, 0.5) is 5.82 Å². The van der Waals surface area contributed by atoms with E-state index in [0.717, 1.165) is 47.6 Å². The fourth-order valence-electron chi connectivity index (χ4n) is 2.55. The van der Waals surface area contributed by atoms with Gasteiger partial charge in [-0.3, -0.25) is 4.40 Å². The summed E-state index contributed by atoms with van der Waals surface area (Å²) in [4.78, 5) is 4.36. The van der Waals surface area contributed by atoms with Crippen LogP contribution in [0.3, 0.4) is 0 Å². The highest BCUT2D eigenvalue weighted by atomic mass is 16.3. The Kier molecular flexibility index (Phi) is 3.19. The molecule has 0 aliphatic carbocycles. The molecule has 0 aliphatic rings. The zero-order chi connectivity index (χ0) is 14.8. The topological polar surface area (TPSA) is 68.2 Å². The molecular weight excluding hydrogens is 278 g/mol. The summed E-state index contributed by atoms with van der Waals surface area (Å²) in [6.07, 6.45) is 7.23. The second kappa shape index (κ2) is 5.48. The maximum Gasteiger partial charge on any atom is 0.160 e. The zero-order valence-electron chi connectivity index (χ0n) is 11.9. The zero-order valence-corrected chi connectivity index (χ0v) is 11.9. The predicted octanol–water partition coefficient (Wildman–Crippen LogP) is 2.92. The van der Waals surface area contributed by atoms with E-state index in [-0.39, 0.29) is 0 Å². The molecule has 4 aromatic heterocycles. The smallest absolute Gasteiger partial charge is 0.160 e. The Hall–Kier alpha value is -2.89. The van der Waals surface area contributed by atoms with Gasteiger partial charge in [-0.15, -0.1) is 10.2 Å². The molecule has 6 heteroatoms. The molecule has 0 aromatic carbocycles. The summed E-state index contributed by atoms with van der Waals surface area (Å²) in [5, 5.41) is 12.8. The van der Waals surface area contributed by atoms with E-state index in [1.54, 1.807) is 12.5 Å². The number of furan rings is 1. The minimum Gasteiger partial charge on any atom is -0.464 e. The second-order valence-electron chi connectivity index (χ2n) is 5.07. The highest BCUT2D eigenvalue weighted by molar-refractivity contribution is 5.87. The SMILES string of the molecule is c1ccn2c(CCCNc3nccc4occc34)nnc2c1. The van der Waals surface area contributed by atoms with E-state index in [1.807, 2.05) is 40.9 Å². The molecule has 0 aliphatic heterocycles. The van der Waals surface area contributed by atoms with Gasteiger partial charge < -0.3 is 9.73 Å². The fraction of sp³-hybridized carbons (Fsp3) is 0.188. The first-order valence-corrected chi connectivity index (χ1v) is 7.26. The van der Waals surface area contributed by atoms with Crippen molar-refractivity contribution in [2.75, 3.05) is 11.9 Å². The summed E-state index contributed by atoms with van der Waals surface area (Å²) in [5.41, 5.74) is 1.73. The van der Waals surface area contributed by atoms with Gasteiger partial charge in [0.25, 0.3) is 0 Å². The third-order valence-electron chi connectivity index (χ3n) is 3.63. The first-order valence-electron chi connectivity index (χ1n) is 7.26. The molecule has 0 fully saturated rings. The predicted molar refractivity (Wildman–Crippen MR) is 83.8 cm³/mol. The van der Waals surface area contributed by atoms with Gasteiger partial charge in [-0.1, -0.05) is 6.07 Å². The molecule has 110 valence electrons. The highest BCUT2D eigenvalue weighted by Gasteiger charge is 2.06. The van der Waals surface area contributed by atoms with E-state index in [1.165, 1.54) is 0 Å². The van der Waals surface area contributed by atoms with Gasteiger partial charge in [0.15, 0.2) is 5.65 Å². The number of nitrogens with one attached hydrogen (secondary N) is 1. The van der Waals surface area contributed by atoms with Crippen LogP contribution < -0.4 is 5.32 Å². The van der Waals surface area contributed by atoms with E-state index in [0.29, 0.717) is 0 Å². The normalized spacial score (nSPS) is 11.3. The number of aromatic nitrogens is 4. The van der Waals surface area contributed by atoms with Crippen molar-refractivity contribution in [3.05, 3.63) is 54.8 Å². The molecular formula is C16H15N5O. The van der Waals surface area contributed by atoms with Gasteiger partial charge in [-0.25, -0.2) is 4.98 Å². The van der Waals surface area contributed by atoms with Gasteiger partial charge in [0.1, 0.15) is 17.2 Å². The van der Waals surface area contributed by atoms with Gasteiger partial charge >= 0.3 is 0 Å². The van der Waals surface area contributed by atoms with E-state index in [2.05, 4.69) is 20.5 Å². The number of anilines is 1. The van der Waals surface area contributed by atoms with E-state index in [9.17, 15) is 0 Å². The third-order valence-corrected chi connectivity index (χ3v) is 3.63. The molecule has 4 aromatic rings. The Morgan fingerprint density at radius 3 is 3.14 bits per heavy atom. The largest absolute Gasteiger partial charge is 0.464 e. The molecule has 0 atom stereocenters. The Morgan fingerprint density at radius 2 is 2.14 bits per heavy atom. The molecule has 6 nitrogen and oxygen atoms in total. The van der Waals surface area contributed by atoms with Gasteiger partial charge in [0.2, 0.25) is 0 Å². The van der Waals surface area contributed by atoms with Crippen LogP contribution in [0, 0.1) is 0 Å². The molecule has 0 unspecified atom stereocenters. The molecule has 1 N–H and O–H groups in total. The van der Waals surface area contributed by atoms with Crippen molar-refractivity contribution in [1.29, 1.82) is 0 Å². The van der Waals surface area contributed by atoms with Crippen molar-refractivity contribution in [3.63, 3.8) is 0 Å². The van der Waals surface area contributed by atoms with Gasteiger partial charge in [0, 0.05) is 25.4 Å². The van der Waals surface area contributed by atoms with Crippen LogP contribution >= 0.6 is 0 Å². The van der Waals surface area contributed by atoms with Crippen LogP contribution in [-0.2, 0) is 6.42 Å². The van der Waals surface area contributed by atoms with Crippen LogP contribution in [0.5, 0.6) is 0 Å². The Labute approximate surface area is 126 Å². The summed E-state index contributed by atoms with van der Waals surface area (Å²) in [5.74, 6) is 1.84. The number of nitrogens with zero attached hydrogens (tertiary/aromatic N) is 4. The van der Waals surface area contributed by atoms with Crippen LogP contribution in [-0.4, -0.2) is 26.1 Å². The first kappa shape index (κ1) is 12.8. The number of rotatable bonds is 5. The van der Waals surface area contributed by atoms with E-state index < -0.39 is 0 Å². The lowest BCUT2D eigenvalue weighted by molar-refractivity contribution is 0.615. The van der Waals surface area contributed by atoms with Crippen molar-refractivity contribution in [1.82, 2.24) is 19.6 Å². The molecule has 0 radical (unpaired) electrons. The Bertz CT molecular complexity index is 911. The Balaban J connectivity index is 1.40. The quantitative estimate of drug-likeness (QED) is 0.573. The number of hydrogen-bond donors (Lipinski definition) is 1. The van der Waals surface area contributed by atoms with Gasteiger partial charge in [-0.2, -0.15) is 0 Å². The van der Waals surface area contributed by atoms with E-state index >= 15 is 0 Å². The van der Waals surface area contributed by atoms with Crippen molar-refractivity contribution < 1.29 is 4.42 Å². The number of fused-ring (bicyclic) bond motifs is 2. The van der Waals surface area contributed by atoms with Crippen molar-refractivity contribution >= 4 is 22.4 Å². The summed E-state index contributed by atoms with van der Waals surface area (Å²) in [7, 11) is 0.